The average Bonchev–Trinajstić information content (AvgIpc) is 2.39. The molecular formula is C14H9NO2. The molecule has 17 heavy (non-hydrogen) atoms. The highest BCUT2D eigenvalue weighted by Crippen LogP contribution is 2.19. The lowest BCUT2D eigenvalue weighted by atomic mass is 10.1. The number of rotatable bonds is 1. The summed E-state index contributed by atoms with van der Waals surface area (Å²) in [7, 11) is 0. The zero-order valence-electron chi connectivity index (χ0n) is 8.96. The number of hydrogen-bond acceptors (Lipinski definition) is 3. The molecule has 0 amide bonds. The minimum atomic E-state index is -0.359. The second-order valence-corrected chi connectivity index (χ2v) is 3.71. The van der Waals surface area contributed by atoms with Crippen LogP contribution in [0.2, 0.25) is 0 Å². The predicted octanol–water partition coefficient (Wildman–Crippen LogP) is 2.86. The summed E-state index contributed by atoms with van der Waals surface area (Å²) in [6.45, 7) is 0. The fourth-order valence-electron chi connectivity index (χ4n) is 1.77. The summed E-state index contributed by atoms with van der Waals surface area (Å²) in [5, 5.41) is 0.825. The van der Waals surface area contributed by atoms with Gasteiger partial charge in [0.15, 0.2) is 0 Å². The van der Waals surface area contributed by atoms with E-state index in [0.717, 1.165) is 10.9 Å². The maximum absolute atomic E-state index is 11.8. The Morgan fingerprint density at radius 3 is 2.65 bits per heavy atom. The van der Waals surface area contributed by atoms with Gasteiger partial charge in [-0.1, -0.05) is 30.3 Å². The Kier molecular flexibility index (Phi) is 2.22. The van der Waals surface area contributed by atoms with Crippen LogP contribution in [0, 0.1) is 0 Å². The van der Waals surface area contributed by atoms with Crippen LogP contribution in [-0.4, -0.2) is 4.98 Å². The first-order valence-corrected chi connectivity index (χ1v) is 5.29. The number of hydrogen-bond donors (Lipinski definition) is 0. The van der Waals surface area contributed by atoms with Crippen LogP contribution in [0.3, 0.4) is 0 Å². The normalized spacial score (nSPS) is 10.6. The largest absolute Gasteiger partial charge is 0.403 e. The van der Waals surface area contributed by atoms with E-state index in [1.54, 1.807) is 6.20 Å². The van der Waals surface area contributed by atoms with Crippen molar-refractivity contribution in [2.45, 2.75) is 0 Å². The molecule has 0 spiro atoms. The SMILES string of the molecule is O=c1oc2ncccc2cc1-c1ccccc1. The monoisotopic (exact) mass is 223 g/mol. The van der Waals surface area contributed by atoms with Gasteiger partial charge in [0.05, 0.1) is 5.56 Å². The Hall–Kier alpha value is -2.42. The van der Waals surface area contributed by atoms with Crippen molar-refractivity contribution >= 4 is 11.1 Å². The van der Waals surface area contributed by atoms with Gasteiger partial charge in [-0.15, -0.1) is 0 Å². The molecule has 0 N–H and O–H groups in total. The average molecular weight is 223 g/mol. The van der Waals surface area contributed by atoms with Crippen LogP contribution in [0.1, 0.15) is 0 Å². The van der Waals surface area contributed by atoms with Crippen LogP contribution in [0.25, 0.3) is 22.2 Å². The van der Waals surface area contributed by atoms with Crippen LogP contribution in [0.5, 0.6) is 0 Å². The molecule has 0 saturated carbocycles. The summed E-state index contributed by atoms with van der Waals surface area (Å²) in [5.74, 6) is 0. The van der Waals surface area contributed by atoms with E-state index in [-0.39, 0.29) is 5.63 Å². The molecule has 82 valence electrons. The van der Waals surface area contributed by atoms with Gasteiger partial charge in [0.2, 0.25) is 5.71 Å². The van der Waals surface area contributed by atoms with E-state index >= 15 is 0 Å². The summed E-state index contributed by atoms with van der Waals surface area (Å²) in [4.78, 5) is 15.8. The van der Waals surface area contributed by atoms with Gasteiger partial charge in [-0.2, -0.15) is 0 Å². The molecule has 3 nitrogen and oxygen atoms in total. The summed E-state index contributed by atoms with van der Waals surface area (Å²) < 4.78 is 5.18. The lowest BCUT2D eigenvalue weighted by molar-refractivity contribution is 0.552. The second kappa shape index (κ2) is 3.87. The van der Waals surface area contributed by atoms with Crippen molar-refractivity contribution in [2.24, 2.45) is 0 Å². The number of benzene rings is 1. The van der Waals surface area contributed by atoms with Crippen LogP contribution in [-0.2, 0) is 0 Å². The van der Waals surface area contributed by atoms with Crippen molar-refractivity contribution in [1.29, 1.82) is 0 Å². The lowest BCUT2D eigenvalue weighted by Crippen LogP contribution is -2.02. The molecule has 3 heteroatoms. The maximum Gasteiger partial charge on any atom is 0.345 e. The summed E-state index contributed by atoms with van der Waals surface area (Å²) in [6.07, 6.45) is 1.60. The molecule has 1 aromatic carbocycles. The van der Waals surface area contributed by atoms with E-state index < -0.39 is 0 Å². The third-order valence-electron chi connectivity index (χ3n) is 2.59. The fourth-order valence-corrected chi connectivity index (χ4v) is 1.77. The Morgan fingerprint density at radius 1 is 1.00 bits per heavy atom. The molecule has 0 aliphatic heterocycles. The Labute approximate surface area is 97.4 Å². The standard InChI is InChI=1S/C14H9NO2/c16-14-12(10-5-2-1-3-6-10)9-11-7-4-8-15-13(11)17-14/h1-9H. The van der Waals surface area contributed by atoms with Gasteiger partial charge in [-0.05, 0) is 23.8 Å². The highest BCUT2D eigenvalue weighted by molar-refractivity contribution is 5.78. The van der Waals surface area contributed by atoms with Gasteiger partial charge in [0, 0.05) is 11.6 Å². The van der Waals surface area contributed by atoms with Gasteiger partial charge in [0.1, 0.15) is 0 Å². The number of pyridine rings is 1. The van der Waals surface area contributed by atoms with Crippen molar-refractivity contribution in [3.8, 4) is 11.1 Å². The van der Waals surface area contributed by atoms with Crippen molar-refractivity contribution in [3.05, 3.63) is 65.1 Å². The number of nitrogens with zero attached hydrogens (tertiary/aromatic N) is 1. The highest BCUT2D eigenvalue weighted by atomic mass is 16.4. The molecule has 2 heterocycles. The molecule has 0 unspecified atom stereocenters. The minimum Gasteiger partial charge on any atom is -0.403 e. The van der Waals surface area contributed by atoms with E-state index in [2.05, 4.69) is 4.98 Å². The highest BCUT2D eigenvalue weighted by Gasteiger charge is 2.07. The lowest BCUT2D eigenvalue weighted by Gasteiger charge is -2.00. The van der Waals surface area contributed by atoms with Crippen LogP contribution in [0.15, 0.2) is 63.9 Å². The topological polar surface area (TPSA) is 43.1 Å². The van der Waals surface area contributed by atoms with E-state index in [0.29, 0.717) is 11.3 Å². The van der Waals surface area contributed by atoms with Crippen LogP contribution in [0.4, 0.5) is 0 Å². The second-order valence-electron chi connectivity index (χ2n) is 3.71. The maximum atomic E-state index is 11.8. The Bertz CT molecular complexity index is 717. The molecule has 0 atom stereocenters. The molecule has 0 aliphatic rings. The first-order chi connectivity index (χ1) is 8.34. The molecule has 0 bridgehead atoms. The van der Waals surface area contributed by atoms with Gasteiger partial charge >= 0.3 is 5.63 Å². The number of aromatic nitrogens is 1. The van der Waals surface area contributed by atoms with Gasteiger partial charge in [0.25, 0.3) is 0 Å². The van der Waals surface area contributed by atoms with Crippen molar-refractivity contribution in [3.63, 3.8) is 0 Å². The molecule has 0 saturated heterocycles. The van der Waals surface area contributed by atoms with Gasteiger partial charge in [-0.25, -0.2) is 9.78 Å². The zero-order chi connectivity index (χ0) is 11.7. The van der Waals surface area contributed by atoms with Crippen molar-refractivity contribution in [1.82, 2.24) is 4.98 Å². The molecule has 0 radical (unpaired) electrons. The van der Waals surface area contributed by atoms with E-state index in [9.17, 15) is 4.79 Å². The van der Waals surface area contributed by atoms with Crippen molar-refractivity contribution < 1.29 is 4.42 Å². The molecule has 0 aliphatic carbocycles. The summed E-state index contributed by atoms with van der Waals surface area (Å²) >= 11 is 0. The van der Waals surface area contributed by atoms with E-state index in [4.69, 9.17) is 4.42 Å². The van der Waals surface area contributed by atoms with E-state index in [1.807, 2.05) is 48.5 Å². The van der Waals surface area contributed by atoms with Gasteiger partial charge in [-0.3, -0.25) is 0 Å². The molecule has 0 fully saturated rings. The third kappa shape index (κ3) is 1.72. The quantitative estimate of drug-likeness (QED) is 0.637. The smallest absolute Gasteiger partial charge is 0.345 e. The summed E-state index contributed by atoms with van der Waals surface area (Å²) in [5.41, 5.74) is 1.43. The van der Waals surface area contributed by atoms with Crippen LogP contribution < -0.4 is 5.63 Å². The molecule has 2 aromatic heterocycles. The van der Waals surface area contributed by atoms with E-state index in [1.165, 1.54) is 0 Å². The van der Waals surface area contributed by atoms with Gasteiger partial charge < -0.3 is 4.42 Å². The first kappa shape index (κ1) is 9.78. The molecule has 3 rings (SSSR count). The molecular weight excluding hydrogens is 214 g/mol. The zero-order valence-corrected chi connectivity index (χ0v) is 8.96. The Morgan fingerprint density at radius 2 is 1.82 bits per heavy atom. The van der Waals surface area contributed by atoms with Crippen molar-refractivity contribution in [2.75, 3.05) is 0 Å². The summed E-state index contributed by atoms with van der Waals surface area (Å²) in [6, 6.07) is 15.0. The molecule has 3 aromatic rings. The van der Waals surface area contributed by atoms with Crippen LogP contribution >= 0.6 is 0 Å². The third-order valence-corrected chi connectivity index (χ3v) is 2.59. The fraction of sp³-hybridized carbons (Fsp3) is 0. The predicted molar refractivity (Wildman–Crippen MR) is 65.7 cm³/mol. The minimum absolute atomic E-state index is 0.359. The number of fused-ring (bicyclic) bond motifs is 1. The Balaban J connectivity index is 2.31. The first-order valence-electron chi connectivity index (χ1n) is 5.29.